The molecule has 0 bridgehead atoms. The summed E-state index contributed by atoms with van der Waals surface area (Å²) >= 11 is 3.40. The first-order valence-electron chi connectivity index (χ1n) is 8.36. The molecule has 7 heteroatoms. The Balaban J connectivity index is 1.60. The number of halogens is 1. The smallest absolute Gasteiger partial charge is 0.243 e. The molecule has 1 aromatic carbocycles. The Kier molecular flexibility index (Phi) is 5.28. The summed E-state index contributed by atoms with van der Waals surface area (Å²) < 4.78 is 0.994. The lowest BCUT2D eigenvalue weighted by molar-refractivity contribution is -0.123. The van der Waals surface area contributed by atoms with Gasteiger partial charge in [0.05, 0.1) is 0 Å². The molecule has 1 fully saturated rings. The van der Waals surface area contributed by atoms with Gasteiger partial charge < -0.3 is 5.32 Å². The molecule has 128 valence electrons. The van der Waals surface area contributed by atoms with E-state index < -0.39 is 0 Å². The van der Waals surface area contributed by atoms with Gasteiger partial charge in [0.1, 0.15) is 6.54 Å². The van der Waals surface area contributed by atoms with E-state index in [0.29, 0.717) is 17.7 Å². The van der Waals surface area contributed by atoms with Crippen LogP contribution in [-0.2, 0) is 11.3 Å². The van der Waals surface area contributed by atoms with Gasteiger partial charge >= 0.3 is 0 Å². The third-order valence-corrected chi connectivity index (χ3v) is 5.42. The van der Waals surface area contributed by atoms with Crippen LogP contribution < -0.4 is 5.32 Å². The van der Waals surface area contributed by atoms with Gasteiger partial charge in [-0.3, -0.25) is 4.79 Å². The molecule has 1 N–H and O–H groups in total. The maximum absolute atomic E-state index is 12.3. The standard InChI is InChI=1S/C17H22BrN5O/c1-11-4-3-5-15(12(11)2)19-16(24)10-23-21-17(20-22-23)13-6-8-14(18)9-7-13/h6-9,11-12,15H,3-5,10H2,1-2H3,(H,19,24)/t11-,12-,15+/m1/s1. The van der Waals surface area contributed by atoms with Crippen LogP contribution >= 0.6 is 15.9 Å². The monoisotopic (exact) mass is 391 g/mol. The van der Waals surface area contributed by atoms with E-state index in [9.17, 15) is 4.79 Å². The van der Waals surface area contributed by atoms with Crippen molar-refractivity contribution in [2.45, 2.75) is 45.7 Å². The Morgan fingerprint density at radius 3 is 2.79 bits per heavy atom. The Morgan fingerprint density at radius 2 is 2.04 bits per heavy atom. The van der Waals surface area contributed by atoms with E-state index in [4.69, 9.17) is 0 Å². The minimum Gasteiger partial charge on any atom is -0.351 e. The molecule has 3 atom stereocenters. The second-order valence-electron chi connectivity index (χ2n) is 6.59. The lowest BCUT2D eigenvalue weighted by atomic mass is 9.78. The second kappa shape index (κ2) is 7.42. The number of hydrogen-bond donors (Lipinski definition) is 1. The highest BCUT2D eigenvalue weighted by molar-refractivity contribution is 9.10. The van der Waals surface area contributed by atoms with E-state index in [1.807, 2.05) is 24.3 Å². The molecule has 0 radical (unpaired) electrons. The van der Waals surface area contributed by atoms with Crippen molar-refractivity contribution in [3.63, 3.8) is 0 Å². The van der Waals surface area contributed by atoms with Gasteiger partial charge in [0.25, 0.3) is 0 Å². The summed E-state index contributed by atoms with van der Waals surface area (Å²) in [6.07, 6.45) is 3.46. The van der Waals surface area contributed by atoms with Gasteiger partial charge in [-0.15, -0.1) is 10.2 Å². The van der Waals surface area contributed by atoms with Gasteiger partial charge in [0, 0.05) is 16.1 Å². The van der Waals surface area contributed by atoms with E-state index in [0.717, 1.165) is 16.5 Å². The fourth-order valence-corrected chi connectivity index (χ4v) is 3.46. The molecule has 0 unspecified atom stereocenters. The van der Waals surface area contributed by atoms with Gasteiger partial charge in [-0.05, 0) is 47.7 Å². The molecule has 1 aliphatic carbocycles. The number of hydrogen-bond acceptors (Lipinski definition) is 4. The summed E-state index contributed by atoms with van der Waals surface area (Å²) in [5.74, 6) is 1.62. The number of amides is 1. The number of rotatable bonds is 4. The lowest BCUT2D eigenvalue weighted by Gasteiger charge is -2.34. The number of carbonyl (C=O) groups is 1. The van der Waals surface area contributed by atoms with Gasteiger partial charge in [-0.2, -0.15) is 4.80 Å². The van der Waals surface area contributed by atoms with Crippen molar-refractivity contribution in [2.75, 3.05) is 0 Å². The molecule has 3 rings (SSSR count). The van der Waals surface area contributed by atoms with Crippen molar-refractivity contribution in [2.24, 2.45) is 11.8 Å². The largest absolute Gasteiger partial charge is 0.351 e. The predicted molar refractivity (Wildman–Crippen MR) is 95.1 cm³/mol. The summed E-state index contributed by atoms with van der Waals surface area (Å²) in [6, 6.07) is 7.92. The average molecular weight is 392 g/mol. The Labute approximate surface area is 150 Å². The number of carbonyl (C=O) groups excluding carboxylic acids is 1. The maximum Gasteiger partial charge on any atom is 0.243 e. The molecule has 1 aliphatic rings. The summed E-state index contributed by atoms with van der Waals surface area (Å²) in [6.45, 7) is 4.57. The normalized spacial score (nSPS) is 23.9. The zero-order valence-electron chi connectivity index (χ0n) is 13.9. The highest BCUT2D eigenvalue weighted by atomic mass is 79.9. The van der Waals surface area contributed by atoms with Crippen LogP contribution in [0.4, 0.5) is 0 Å². The first-order chi connectivity index (χ1) is 11.5. The first-order valence-corrected chi connectivity index (χ1v) is 9.15. The zero-order valence-corrected chi connectivity index (χ0v) is 15.5. The van der Waals surface area contributed by atoms with Crippen molar-refractivity contribution < 1.29 is 4.79 Å². The average Bonchev–Trinajstić information content (AvgIpc) is 3.01. The molecule has 1 aromatic heterocycles. The van der Waals surface area contributed by atoms with Crippen LogP contribution in [0, 0.1) is 11.8 Å². The number of nitrogens with one attached hydrogen (secondary N) is 1. The van der Waals surface area contributed by atoms with E-state index in [1.165, 1.54) is 17.6 Å². The fourth-order valence-electron chi connectivity index (χ4n) is 3.19. The van der Waals surface area contributed by atoms with Crippen LogP contribution in [0.3, 0.4) is 0 Å². The van der Waals surface area contributed by atoms with E-state index in [1.54, 1.807) is 0 Å². The minimum absolute atomic E-state index is 0.0549. The SMILES string of the molecule is C[C@@H]1[C@H](C)CCC[C@@H]1NC(=O)Cn1nnc(-c2ccc(Br)cc2)n1. The second-order valence-corrected chi connectivity index (χ2v) is 7.51. The maximum atomic E-state index is 12.3. The molecule has 0 spiro atoms. The Bertz CT molecular complexity index is 699. The van der Waals surface area contributed by atoms with Crippen LogP contribution in [0.5, 0.6) is 0 Å². The molecular weight excluding hydrogens is 370 g/mol. The fraction of sp³-hybridized carbons (Fsp3) is 0.529. The van der Waals surface area contributed by atoms with Gasteiger partial charge in [-0.25, -0.2) is 0 Å². The zero-order chi connectivity index (χ0) is 17.1. The molecule has 1 heterocycles. The highest BCUT2D eigenvalue weighted by Gasteiger charge is 2.28. The number of tetrazole rings is 1. The molecule has 0 saturated heterocycles. The number of aromatic nitrogens is 4. The third kappa shape index (κ3) is 4.01. The third-order valence-electron chi connectivity index (χ3n) is 4.89. The Morgan fingerprint density at radius 1 is 1.29 bits per heavy atom. The van der Waals surface area contributed by atoms with Crippen LogP contribution in [0.25, 0.3) is 11.4 Å². The van der Waals surface area contributed by atoms with E-state index in [2.05, 4.69) is 50.5 Å². The summed E-state index contributed by atoms with van der Waals surface area (Å²) in [7, 11) is 0. The van der Waals surface area contributed by atoms with Crippen molar-refractivity contribution in [3.8, 4) is 11.4 Å². The molecule has 1 saturated carbocycles. The summed E-state index contributed by atoms with van der Waals surface area (Å²) in [5, 5.41) is 15.4. The van der Waals surface area contributed by atoms with Crippen LogP contribution in [0.2, 0.25) is 0 Å². The molecule has 6 nitrogen and oxygen atoms in total. The highest BCUT2D eigenvalue weighted by Crippen LogP contribution is 2.29. The van der Waals surface area contributed by atoms with Gasteiger partial charge in [-0.1, -0.05) is 42.6 Å². The van der Waals surface area contributed by atoms with Crippen molar-refractivity contribution in [1.82, 2.24) is 25.5 Å². The van der Waals surface area contributed by atoms with Crippen LogP contribution in [0.15, 0.2) is 28.7 Å². The topological polar surface area (TPSA) is 72.7 Å². The van der Waals surface area contributed by atoms with E-state index in [-0.39, 0.29) is 18.5 Å². The van der Waals surface area contributed by atoms with E-state index >= 15 is 0 Å². The van der Waals surface area contributed by atoms with Crippen molar-refractivity contribution in [1.29, 1.82) is 0 Å². The first kappa shape index (κ1) is 17.1. The summed E-state index contributed by atoms with van der Waals surface area (Å²) in [5.41, 5.74) is 0.875. The van der Waals surface area contributed by atoms with Crippen molar-refractivity contribution in [3.05, 3.63) is 28.7 Å². The molecular formula is C17H22BrN5O. The minimum atomic E-state index is -0.0549. The Hall–Kier alpha value is -1.76. The molecule has 0 aliphatic heterocycles. The lowest BCUT2D eigenvalue weighted by Crippen LogP contribution is -2.45. The molecule has 24 heavy (non-hydrogen) atoms. The van der Waals surface area contributed by atoms with Gasteiger partial charge in [0.15, 0.2) is 0 Å². The molecule has 1 amide bonds. The van der Waals surface area contributed by atoms with Crippen molar-refractivity contribution >= 4 is 21.8 Å². The van der Waals surface area contributed by atoms with Crippen LogP contribution in [0.1, 0.15) is 33.1 Å². The number of benzene rings is 1. The quantitative estimate of drug-likeness (QED) is 0.868. The summed E-state index contributed by atoms with van der Waals surface area (Å²) in [4.78, 5) is 13.6. The van der Waals surface area contributed by atoms with Crippen LogP contribution in [-0.4, -0.2) is 32.2 Å². The predicted octanol–water partition coefficient (Wildman–Crippen LogP) is 3.04. The van der Waals surface area contributed by atoms with Gasteiger partial charge in [0.2, 0.25) is 11.7 Å². The number of nitrogens with zero attached hydrogens (tertiary/aromatic N) is 4. The molecule has 2 aromatic rings.